The van der Waals surface area contributed by atoms with E-state index in [2.05, 4.69) is 10.3 Å². The first kappa shape index (κ1) is 12.9. The molecule has 4 nitrogen and oxygen atoms in total. The standard InChI is InChI=1S/C12H12ClN3OS/c1-7-2-3-15-11(13)10(7)16-5-9-4-8(6-18-9)12(14)17/h2-4,6,16H,5H2,1H3,(H2,14,17). The van der Waals surface area contributed by atoms with Crippen LogP contribution < -0.4 is 11.1 Å². The SMILES string of the molecule is Cc1ccnc(Cl)c1NCc1cc(C(N)=O)cs1. The number of primary amides is 1. The minimum absolute atomic E-state index is 0.409. The van der Waals surface area contributed by atoms with Gasteiger partial charge in [0.2, 0.25) is 5.91 Å². The Morgan fingerprint density at radius 1 is 1.61 bits per heavy atom. The summed E-state index contributed by atoms with van der Waals surface area (Å²) in [5.74, 6) is -0.409. The molecule has 0 bridgehead atoms. The Morgan fingerprint density at radius 2 is 2.39 bits per heavy atom. The highest BCUT2D eigenvalue weighted by Crippen LogP contribution is 2.24. The summed E-state index contributed by atoms with van der Waals surface area (Å²) < 4.78 is 0. The Hall–Kier alpha value is -1.59. The van der Waals surface area contributed by atoms with Gasteiger partial charge >= 0.3 is 0 Å². The predicted molar refractivity (Wildman–Crippen MR) is 74.1 cm³/mol. The van der Waals surface area contributed by atoms with Crippen molar-refractivity contribution in [3.8, 4) is 0 Å². The maximum Gasteiger partial charge on any atom is 0.249 e. The molecule has 2 aromatic rings. The molecular formula is C12H12ClN3OS. The maximum absolute atomic E-state index is 11.0. The number of rotatable bonds is 4. The second-order valence-electron chi connectivity index (χ2n) is 3.81. The molecule has 2 heterocycles. The summed E-state index contributed by atoms with van der Waals surface area (Å²) in [6.45, 7) is 2.54. The lowest BCUT2D eigenvalue weighted by Crippen LogP contribution is -2.09. The second kappa shape index (κ2) is 5.37. The lowest BCUT2D eigenvalue weighted by Gasteiger charge is -2.09. The average Bonchev–Trinajstić information content (AvgIpc) is 2.77. The topological polar surface area (TPSA) is 68.0 Å². The summed E-state index contributed by atoms with van der Waals surface area (Å²) in [6.07, 6.45) is 1.67. The van der Waals surface area contributed by atoms with Gasteiger partial charge < -0.3 is 11.1 Å². The highest BCUT2D eigenvalue weighted by Gasteiger charge is 2.07. The molecule has 0 radical (unpaired) electrons. The Kier molecular flexibility index (Phi) is 3.84. The van der Waals surface area contributed by atoms with Gasteiger partial charge in [-0.3, -0.25) is 4.79 Å². The van der Waals surface area contributed by atoms with Gasteiger partial charge in [0.1, 0.15) is 0 Å². The zero-order valence-electron chi connectivity index (χ0n) is 9.74. The van der Waals surface area contributed by atoms with E-state index in [0.29, 0.717) is 17.3 Å². The van der Waals surface area contributed by atoms with Crippen molar-refractivity contribution >= 4 is 34.5 Å². The number of hydrogen-bond acceptors (Lipinski definition) is 4. The fourth-order valence-electron chi connectivity index (χ4n) is 1.52. The van der Waals surface area contributed by atoms with E-state index in [-0.39, 0.29) is 0 Å². The molecule has 0 atom stereocenters. The van der Waals surface area contributed by atoms with Crippen LogP contribution in [0.5, 0.6) is 0 Å². The molecule has 2 rings (SSSR count). The zero-order chi connectivity index (χ0) is 13.1. The number of carbonyl (C=O) groups excluding carboxylic acids is 1. The number of aromatic nitrogens is 1. The molecule has 3 N–H and O–H groups in total. The fraction of sp³-hybridized carbons (Fsp3) is 0.167. The minimum atomic E-state index is -0.409. The third-order valence-electron chi connectivity index (χ3n) is 2.49. The molecular weight excluding hydrogens is 270 g/mol. The molecule has 0 saturated heterocycles. The summed E-state index contributed by atoms with van der Waals surface area (Å²) in [5, 5.41) is 5.41. The van der Waals surface area contributed by atoms with Crippen molar-refractivity contribution in [3.05, 3.63) is 44.9 Å². The van der Waals surface area contributed by atoms with Crippen molar-refractivity contribution in [2.75, 3.05) is 5.32 Å². The number of pyridine rings is 1. The highest BCUT2D eigenvalue weighted by molar-refractivity contribution is 7.10. The van der Waals surface area contributed by atoms with Gasteiger partial charge in [0, 0.05) is 23.0 Å². The Labute approximate surface area is 114 Å². The van der Waals surface area contributed by atoms with Crippen LogP contribution in [0.3, 0.4) is 0 Å². The molecule has 6 heteroatoms. The summed E-state index contributed by atoms with van der Waals surface area (Å²) in [5.41, 5.74) is 7.57. The molecule has 0 aromatic carbocycles. The predicted octanol–water partition coefficient (Wildman–Crippen LogP) is 2.82. The first-order valence-electron chi connectivity index (χ1n) is 5.30. The van der Waals surface area contributed by atoms with E-state index in [9.17, 15) is 4.79 Å². The number of nitrogens with zero attached hydrogens (tertiary/aromatic N) is 1. The second-order valence-corrected chi connectivity index (χ2v) is 5.17. The van der Waals surface area contributed by atoms with E-state index >= 15 is 0 Å². The lowest BCUT2D eigenvalue weighted by molar-refractivity contribution is 0.100. The molecule has 94 valence electrons. The van der Waals surface area contributed by atoms with Crippen molar-refractivity contribution in [1.29, 1.82) is 0 Å². The van der Waals surface area contributed by atoms with E-state index in [0.717, 1.165) is 16.1 Å². The quantitative estimate of drug-likeness (QED) is 0.847. The highest BCUT2D eigenvalue weighted by atomic mass is 35.5. The number of anilines is 1. The van der Waals surface area contributed by atoms with Crippen LogP contribution in [0.25, 0.3) is 0 Å². The monoisotopic (exact) mass is 281 g/mol. The molecule has 2 aromatic heterocycles. The summed E-state index contributed by atoms with van der Waals surface area (Å²) in [6, 6.07) is 3.66. The number of nitrogens with one attached hydrogen (secondary N) is 1. The molecule has 0 aliphatic carbocycles. The summed E-state index contributed by atoms with van der Waals surface area (Å²) in [4.78, 5) is 16.0. The van der Waals surface area contributed by atoms with Crippen LogP contribution in [-0.2, 0) is 6.54 Å². The zero-order valence-corrected chi connectivity index (χ0v) is 11.3. The molecule has 18 heavy (non-hydrogen) atoms. The minimum Gasteiger partial charge on any atom is -0.377 e. The number of amides is 1. The van der Waals surface area contributed by atoms with Crippen molar-refractivity contribution in [2.24, 2.45) is 5.73 Å². The van der Waals surface area contributed by atoms with Crippen molar-refractivity contribution in [1.82, 2.24) is 4.98 Å². The lowest BCUT2D eigenvalue weighted by atomic mass is 10.2. The third kappa shape index (κ3) is 2.80. The van der Waals surface area contributed by atoms with Crippen LogP contribution >= 0.6 is 22.9 Å². The van der Waals surface area contributed by atoms with E-state index in [1.165, 1.54) is 11.3 Å². The first-order valence-corrected chi connectivity index (χ1v) is 6.56. The van der Waals surface area contributed by atoms with Gasteiger partial charge in [-0.15, -0.1) is 11.3 Å². The largest absolute Gasteiger partial charge is 0.377 e. The number of nitrogens with two attached hydrogens (primary N) is 1. The Balaban J connectivity index is 2.09. The summed E-state index contributed by atoms with van der Waals surface area (Å²) in [7, 11) is 0. The molecule has 0 aliphatic rings. The average molecular weight is 282 g/mol. The number of hydrogen-bond donors (Lipinski definition) is 2. The Bertz CT molecular complexity index is 562. The summed E-state index contributed by atoms with van der Waals surface area (Å²) >= 11 is 7.49. The number of halogens is 1. The van der Waals surface area contributed by atoms with Gasteiger partial charge in [-0.25, -0.2) is 4.98 Å². The van der Waals surface area contributed by atoms with Crippen molar-refractivity contribution < 1.29 is 4.79 Å². The van der Waals surface area contributed by atoms with Crippen molar-refractivity contribution in [3.63, 3.8) is 0 Å². The van der Waals surface area contributed by atoms with E-state index in [4.69, 9.17) is 17.3 Å². The molecule has 0 fully saturated rings. The normalized spacial score (nSPS) is 10.3. The third-order valence-corrected chi connectivity index (χ3v) is 3.71. The van der Waals surface area contributed by atoms with Gasteiger partial charge in [-0.05, 0) is 24.6 Å². The number of thiophene rings is 1. The van der Waals surface area contributed by atoms with Gasteiger partial charge in [-0.2, -0.15) is 0 Å². The molecule has 0 unspecified atom stereocenters. The van der Waals surface area contributed by atoms with Gasteiger partial charge in [0.25, 0.3) is 0 Å². The Morgan fingerprint density at radius 3 is 3.00 bits per heavy atom. The smallest absolute Gasteiger partial charge is 0.249 e. The fourth-order valence-corrected chi connectivity index (χ4v) is 2.60. The first-order chi connectivity index (χ1) is 8.58. The van der Waals surface area contributed by atoms with Gasteiger partial charge in [-0.1, -0.05) is 11.6 Å². The van der Waals surface area contributed by atoms with Crippen LogP contribution in [0.2, 0.25) is 5.15 Å². The van der Waals surface area contributed by atoms with Crippen molar-refractivity contribution in [2.45, 2.75) is 13.5 Å². The van der Waals surface area contributed by atoms with Crippen LogP contribution in [0, 0.1) is 6.92 Å². The van der Waals surface area contributed by atoms with E-state index in [1.54, 1.807) is 17.6 Å². The van der Waals surface area contributed by atoms with Gasteiger partial charge in [0.15, 0.2) is 5.15 Å². The number of aryl methyl sites for hydroxylation is 1. The van der Waals surface area contributed by atoms with Gasteiger partial charge in [0.05, 0.1) is 11.3 Å². The van der Waals surface area contributed by atoms with E-state index < -0.39 is 5.91 Å². The molecule has 0 spiro atoms. The van der Waals surface area contributed by atoms with Crippen LogP contribution in [-0.4, -0.2) is 10.9 Å². The van der Waals surface area contributed by atoms with Crippen LogP contribution in [0.1, 0.15) is 20.8 Å². The maximum atomic E-state index is 11.0. The van der Waals surface area contributed by atoms with E-state index in [1.807, 2.05) is 13.0 Å². The van der Waals surface area contributed by atoms with Crippen LogP contribution in [0.15, 0.2) is 23.7 Å². The number of carbonyl (C=O) groups is 1. The van der Waals surface area contributed by atoms with Crippen LogP contribution in [0.4, 0.5) is 5.69 Å². The molecule has 0 saturated carbocycles. The molecule has 1 amide bonds. The molecule has 0 aliphatic heterocycles.